The van der Waals surface area contributed by atoms with E-state index in [2.05, 4.69) is 20.9 Å². The van der Waals surface area contributed by atoms with Gasteiger partial charge in [0.25, 0.3) is 5.91 Å². The number of carbonyl (C=O) groups excluding carboxylic acids is 2. The molecule has 2 unspecified atom stereocenters. The molecule has 0 saturated heterocycles. The van der Waals surface area contributed by atoms with Gasteiger partial charge in [0.2, 0.25) is 5.67 Å². The summed E-state index contributed by atoms with van der Waals surface area (Å²) in [6.07, 6.45) is -9.11. The Balaban J connectivity index is 1.76. The second-order valence-corrected chi connectivity index (χ2v) is 11.6. The minimum Gasteiger partial charge on any atom is -0.302 e. The van der Waals surface area contributed by atoms with E-state index in [1.807, 2.05) is 0 Å². The van der Waals surface area contributed by atoms with Gasteiger partial charge >= 0.3 is 12.4 Å². The summed E-state index contributed by atoms with van der Waals surface area (Å²) in [7, 11) is 0. The molecule has 1 aliphatic rings. The molecule has 1 aromatic heterocycles. The molecule has 1 amide bonds. The first-order valence-electron chi connectivity index (χ1n) is 12.8. The maximum absolute atomic E-state index is 16.0. The van der Waals surface area contributed by atoms with Crippen LogP contribution in [0.25, 0.3) is 0 Å². The molecule has 0 spiro atoms. The molecule has 4 rings (SSSR count). The van der Waals surface area contributed by atoms with Crippen molar-refractivity contribution in [3.63, 3.8) is 0 Å². The van der Waals surface area contributed by atoms with Crippen LogP contribution in [0.2, 0.25) is 5.15 Å². The average Bonchev–Trinajstić information content (AvgIpc) is 3.75. The number of aromatic nitrogens is 1. The van der Waals surface area contributed by atoms with Gasteiger partial charge in [-0.2, -0.15) is 26.3 Å². The summed E-state index contributed by atoms with van der Waals surface area (Å²) >= 11 is 8.67. The van der Waals surface area contributed by atoms with Gasteiger partial charge in [-0.3, -0.25) is 9.59 Å². The molecule has 0 radical (unpaired) electrons. The quantitative estimate of drug-likeness (QED) is 0.134. The van der Waals surface area contributed by atoms with Crippen molar-refractivity contribution in [1.29, 1.82) is 0 Å². The largest absolute Gasteiger partial charge is 0.426 e. The Bertz CT molecular complexity index is 1570. The number of benzene rings is 2. The minimum absolute atomic E-state index is 0.00872. The summed E-state index contributed by atoms with van der Waals surface area (Å²) in [5.74, 6) is -2.95. The Kier molecular flexibility index (Phi) is 9.01. The van der Waals surface area contributed by atoms with E-state index >= 15 is 4.39 Å². The number of amides is 1. The standard InChI is InChI=1S/C29H22BrClF8N2O2/c1-14(15-6-7-15)41(26(43)16-8-9-40-24(31)10-16)22-5-3-4-18(25(22)32)23(42)13-19-20(28(34,35)36)11-17(12-21(19)30)27(2,33)29(37,38)39/h3-5,8-12,14-15H,6-7,13H2,1-2H3. The maximum atomic E-state index is 16.0. The second-order valence-electron chi connectivity index (χ2n) is 10.3. The van der Waals surface area contributed by atoms with Gasteiger partial charge in [-0.1, -0.05) is 33.6 Å². The SMILES string of the molecule is CC(C1CC1)N(C(=O)c1ccnc(Cl)c1)c1cccc(C(=O)Cc2c(Br)cc(C(C)(F)C(F)(F)F)cc2C(F)(F)F)c1F. The summed E-state index contributed by atoms with van der Waals surface area (Å²) in [4.78, 5) is 31.8. The zero-order chi connectivity index (χ0) is 32.1. The summed E-state index contributed by atoms with van der Waals surface area (Å²) < 4.78 is 112. The summed E-state index contributed by atoms with van der Waals surface area (Å²) in [6.45, 7) is 1.77. The molecule has 0 bridgehead atoms. The minimum atomic E-state index is -5.53. The van der Waals surface area contributed by atoms with Gasteiger partial charge in [0.15, 0.2) is 11.6 Å². The van der Waals surface area contributed by atoms with Crippen molar-refractivity contribution in [2.75, 3.05) is 4.90 Å². The molecule has 230 valence electrons. The molecule has 14 heteroatoms. The number of hydrogen-bond acceptors (Lipinski definition) is 3. The van der Waals surface area contributed by atoms with Crippen LogP contribution >= 0.6 is 27.5 Å². The molecule has 0 aliphatic heterocycles. The van der Waals surface area contributed by atoms with Crippen LogP contribution in [-0.4, -0.2) is 28.9 Å². The first-order valence-corrected chi connectivity index (χ1v) is 13.9. The maximum Gasteiger partial charge on any atom is 0.426 e. The number of ketones is 1. The van der Waals surface area contributed by atoms with Crippen LogP contribution in [0.5, 0.6) is 0 Å². The van der Waals surface area contributed by atoms with E-state index in [1.165, 1.54) is 30.5 Å². The third-order valence-electron chi connectivity index (χ3n) is 7.35. The molecule has 1 heterocycles. The number of pyridine rings is 1. The summed E-state index contributed by atoms with van der Waals surface area (Å²) in [5.41, 5.74) is -8.83. The van der Waals surface area contributed by atoms with Gasteiger partial charge in [0.1, 0.15) is 5.15 Å². The highest BCUT2D eigenvalue weighted by atomic mass is 79.9. The lowest BCUT2D eigenvalue weighted by Crippen LogP contribution is -2.41. The lowest BCUT2D eigenvalue weighted by molar-refractivity contribution is -0.229. The molecule has 43 heavy (non-hydrogen) atoms. The van der Waals surface area contributed by atoms with Gasteiger partial charge in [0, 0.05) is 28.7 Å². The number of hydrogen-bond donors (Lipinski definition) is 0. The highest BCUT2D eigenvalue weighted by Gasteiger charge is 2.54. The zero-order valence-electron chi connectivity index (χ0n) is 22.4. The van der Waals surface area contributed by atoms with E-state index in [4.69, 9.17) is 11.6 Å². The van der Waals surface area contributed by atoms with Crippen molar-refractivity contribution in [3.05, 3.63) is 91.9 Å². The van der Waals surface area contributed by atoms with Crippen molar-refractivity contribution < 1.29 is 44.7 Å². The number of rotatable bonds is 8. The van der Waals surface area contributed by atoms with Gasteiger partial charge in [-0.25, -0.2) is 13.8 Å². The highest BCUT2D eigenvalue weighted by Crippen LogP contribution is 2.46. The van der Waals surface area contributed by atoms with Crippen molar-refractivity contribution in [3.8, 4) is 0 Å². The summed E-state index contributed by atoms with van der Waals surface area (Å²) in [5, 5.41) is 0.00893. The first kappa shape index (κ1) is 32.8. The molecule has 1 saturated carbocycles. The average molecular weight is 698 g/mol. The molecule has 1 aliphatic carbocycles. The Morgan fingerprint density at radius 1 is 1.07 bits per heavy atom. The Morgan fingerprint density at radius 2 is 1.72 bits per heavy atom. The Hall–Kier alpha value is -3.06. The third-order valence-corrected chi connectivity index (χ3v) is 8.27. The van der Waals surface area contributed by atoms with E-state index in [0.717, 1.165) is 23.8 Å². The van der Waals surface area contributed by atoms with Crippen LogP contribution in [0, 0.1) is 11.7 Å². The van der Waals surface area contributed by atoms with Crippen LogP contribution in [-0.2, 0) is 18.3 Å². The van der Waals surface area contributed by atoms with E-state index in [9.17, 15) is 40.3 Å². The van der Waals surface area contributed by atoms with Crippen LogP contribution in [0.3, 0.4) is 0 Å². The van der Waals surface area contributed by atoms with Crippen LogP contribution < -0.4 is 4.90 Å². The molecular formula is C29H22BrClF8N2O2. The van der Waals surface area contributed by atoms with Gasteiger partial charge < -0.3 is 4.90 Å². The molecular weight excluding hydrogens is 676 g/mol. The fourth-order valence-corrected chi connectivity index (χ4v) is 5.43. The number of nitrogens with zero attached hydrogens (tertiary/aromatic N) is 2. The fourth-order valence-electron chi connectivity index (χ4n) is 4.66. The topological polar surface area (TPSA) is 50.3 Å². The number of alkyl halides is 7. The Morgan fingerprint density at radius 3 is 2.28 bits per heavy atom. The van der Waals surface area contributed by atoms with Gasteiger partial charge in [-0.05, 0) is 80.1 Å². The zero-order valence-corrected chi connectivity index (χ0v) is 24.7. The van der Waals surface area contributed by atoms with E-state index in [1.54, 1.807) is 6.92 Å². The van der Waals surface area contributed by atoms with Crippen LogP contribution in [0.4, 0.5) is 40.8 Å². The smallest absolute Gasteiger partial charge is 0.302 e. The lowest BCUT2D eigenvalue weighted by atomic mass is 9.90. The van der Waals surface area contributed by atoms with E-state index < -0.39 is 74.7 Å². The van der Waals surface area contributed by atoms with Crippen molar-refractivity contribution in [2.45, 2.75) is 57.2 Å². The number of Topliss-reactive ketones (excluding diaryl/α,β-unsaturated/α-hetero) is 1. The van der Waals surface area contributed by atoms with E-state index in [-0.39, 0.29) is 35.3 Å². The second kappa shape index (κ2) is 11.8. The highest BCUT2D eigenvalue weighted by molar-refractivity contribution is 9.10. The van der Waals surface area contributed by atoms with Crippen LogP contribution in [0.1, 0.15) is 64.1 Å². The van der Waals surface area contributed by atoms with E-state index in [0.29, 0.717) is 6.07 Å². The molecule has 0 N–H and O–H groups in total. The predicted molar refractivity (Wildman–Crippen MR) is 146 cm³/mol. The van der Waals surface area contributed by atoms with Crippen molar-refractivity contribution in [2.24, 2.45) is 5.92 Å². The van der Waals surface area contributed by atoms with Crippen molar-refractivity contribution in [1.82, 2.24) is 4.98 Å². The first-order chi connectivity index (χ1) is 19.8. The van der Waals surface area contributed by atoms with Gasteiger partial charge in [-0.15, -0.1) is 0 Å². The monoisotopic (exact) mass is 696 g/mol. The molecule has 2 aromatic carbocycles. The molecule has 1 fully saturated rings. The Labute approximate surface area is 254 Å². The molecule has 4 nitrogen and oxygen atoms in total. The number of anilines is 1. The predicted octanol–water partition coefficient (Wildman–Crippen LogP) is 9.27. The number of halogens is 10. The fraction of sp³-hybridized carbons (Fsp3) is 0.345. The molecule has 2 atom stereocenters. The lowest BCUT2D eigenvalue weighted by Gasteiger charge is -2.30. The van der Waals surface area contributed by atoms with Crippen LogP contribution in [0.15, 0.2) is 53.1 Å². The normalized spacial score (nSPS) is 16.0. The summed E-state index contributed by atoms with van der Waals surface area (Å²) in [6, 6.07) is 6.15. The number of carbonyl (C=O) groups is 2. The van der Waals surface area contributed by atoms with Crippen molar-refractivity contribution >= 4 is 44.9 Å². The van der Waals surface area contributed by atoms with Gasteiger partial charge in [0.05, 0.1) is 16.8 Å². The third kappa shape index (κ3) is 6.72. The molecule has 3 aromatic rings.